The monoisotopic (exact) mass is 419 g/mol. The molecule has 0 unspecified atom stereocenters. The van der Waals surface area contributed by atoms with Crippen LogP contribution in [-0.4, -0.2) is 36.5 Å². The molecule has 0 bridgehead atoms. The summed E-state index contributed by atoms with van der Waals surface area (Å²) >= 11 is 12.1. The zero-order valence-corrected chi connectivity index (χ0v) is 17.0. The van der Waals surface area contributed by atoms with Crippen LogP contribution >= 0.6 is 23.2 Å². The van der Waals surface area contributed by atoms with E-state index >= 15 is 0 Å². The molecular weight excluding hydrogens is 397 g/mol. The van der Waals surface area contributed by atoms with Gasteiger partial charge in [-0.15, -0.1) is 0 Å². The Morgan fingerprint density at radius 2 is 1.89 bits per heavy atom. The molecule has 1 aliphatic heterocycles. The van der Waals surface area contributed by atoms with Gasteiger partial charge in [0, 0.05) is 35.4 Å². The van der Waals surface area contributed by atoms with Gasteiger partial charge in [-0.1, -0.05) is 47.5 Å². The van der Waals surface area contributed by atoms with Crippen LogP contribution < -0.4 is 10.6 Å². The number of amides is 3. The highest BCUT2D eigenvalue weighted by Crippen LogP contribution is 2.21. The highest BCUT2D eigenvalue weighted by molar-refractivity contribution is 6.35. The zero-order chi connectivity index (χ0) is 19.9. The number of carbonyl (C=O) groups excluding carboxylic acids is 2. The molecule has 1 saturated heterocycles. The summed E-state index contributed by atoms with van der Waals surface area (Å²) in [6.45, 7) is 1.57. The van der Waals surface area contributed by atoms with Crippen LogP contribution in [0.3, 0.4) is 0 Å². The Morgan fingerprint density at radius 1 is 1.11 bits per heavy atom. The lowest BCUT2D eigenvalue weighted by atomic mass is 9.97. The predicted molar refractivity (Wildman–Crippen MR) is 113 cm³/mol. The minimum absolute atomic E-state index is 0.0257. The van der Waals surface area contributed by atoms with E-state index in [1.165, 1.54) is 0 Å². The maximum Gasteiger partial charge on any atom is 0.321 e. The maximum absolute atomic E-state index is 12.5. The third-order valence-electron chi connectivity index (χ3n) is 4.81. The van der Waals surface area contributed by atoms with Crippen molar-refractivity contribution >= 4 is 40.8 Å². The molecular formula is C21H23Cl2N3O2. The number of benzene rings is 2. The number of para-hydroxylation sites is 1. The first-order chi connectivity index (χ1) is 13.5. The number of nitrogens with one attached hydrogen (secondary N) is 2. The molecule has 1 heterocycles. The molecule has 3 amide bonds. The van der Waals surface area contributed by atoms with Gasteiger partial charge in [0.05, 0.1) is 5.92 Å². The van der Waals surface area contributed by atoms with Crippen molar-refractivity contribution in [1.29, 1.82) is 0 Å². The standard InChI is InChI=1S/C21H23Cl2N3O2/c22-17-9-8-15(19(23)13-17)10-11-24-20(27)16-5-4-12-26(14-16)21(28)25-18-6-2-1-3-7-18/h1-3,6-9,13,16H,4-5,10-12,14H2,(H,24,27)(H,25,28)/t16-/m0/s1. The molecule has 0 radical (unpaired) electrons. The fraction of sp³-hybridized carbons (Fsp3) is 0.333. The topological polar surface area (TPSA) is 61.4 Å². The summed E-state index contributed by atoms with van der Waals surface area (Å²) in [4.78, 5) is 26.7. The van der Waals surface area contributed by atoms with Crippen LogP contribution in [0.15, 0.2) is 48.5 Å². The number of rotatable bonds is 5. The van der Waals surface area contributed by atoms with Gasteiger partial charge in [0.15, 0.2) is 0 Å². The van der Waals surface area contributed by atoms with Crippen LogP contribution in [0.5, 0.6) is 0 Å². The Kier molecular flexibility index (Phi) is 7.18. The van der Waals surface area contributed by atoms with E-state index in [0.29, 0.717) is 36.1 Å². The van der Waals surface area contributed by atoms with Gasteiger partial charge >= 0.3 is 6.03 Å². The number of hydrogen-bond acceptors (Lipinski definition) is 2. The zero-order valence-electron chi connectivity index (χ0n) is 15.5. The Balaban J connectivity index is 1.47. The highest BCUT2D eigenvalue weighted by Gasteiger charge is 2.28. The van der Waals surface area contributed by atoms with Crippen molar-refractivity contribution in [3.63, 3.8) is 0 Å². The Morgan fingerprint density at radius 3 is 2.64 bits per heavy atom. The largest absolute Gasteiger partial charge is 0.355 e. The number of nitrogens with zero attached hydrogens (tertiary/aromatic N) is 1. The maximum atomic E-state index is 12.5. The van der Waals surface area contributed by atoms with Crippen molar-refractivity contribution in [2.75, 3.05) is 25.0 Å². The van der Waals surface area contributed by atoms with Crippen LogP contribution in [0.25, 0.3) is 0 Å². The molecule has 1 fully saturated rings. The van der Waals surface area contributed by atoms with E-state index in [1.54, 1.807) is 17.0 Å². The number of likely N-dealkylation sites (tertiary alicyclic amines) is 1. The SMILES string of the molecule is O=C(NCCc1ccc(Cl)cc1Cl)[C@H]1CCCN(C(=O)Nc2ccccc2)C1. The molecule has 0 aliphatic carbocycles. The van der Waals surface area contributed by atoms with Crippen LogP contribution in [0, 0.1) is 5.92 Å². The lowest BCUT2D eigenvalue weighted by Gasteiger charge is -2.32. The van der Waals surface area contributed by atoms with Crippen molar-refractivity contribution in [1.82, 2.24) is 10.2 Å². The number of hydrogen-bond donors (Lipinski definition) is 2. The Bertz CT molecular complexity index is 830. The number of urea groups is 1. The third kappa shape index (κ3) is 5.63. The summed E-state index contributed by atoms with van der Waals surface area (Å²) < 4.78 is 0. The first-order valence-electron chi connectivity index (χ1n) is 9.35. The minimum atomic E-state index is -0.198. The Hall–Kier alpha value is -2.24. The molecule has 2 N–H and O–H groups in total. The second kappa shape index (κ2) is 9.80. The molecule has 0 saturated carbocycles. The van der Waals surface area contributed by atoms with E-state index < -0.39 is 0 Å². The number of anilines is 1. The molecule has 1 aliphatic rings. The van der Waals surface area contributed by atoms with Crippen LogP contribution in [0.1, 0.15) is 18.4 Å². The van der Waals surface area contributed by atoms with E-state index in [2.05, 4.69) is 10.6 Å². The summed E-state index contributed by atoms with van der Waals surface area (Å²) in [5, 5.41) is 7.03. The molecule has 2 aromatic rings. The van der Waals surface area contributed by atoms with Crippen LogP contribution in [0.4, 0.5) is 10.5 Å². The number of piperidine rings is 1. The summed E-state index contributed by atoms with van der Waals surface area (Å²) in [6, 6.07) is 14.5. The molecule has 5 nitrogen and oxygen atoms in total. The molecule has 7 heteroatoms. The average Bonchev–Trinajstić information content (AvgIpc) is 2.70. The fourth-order valence-electron chi connectivity index (χ4n) is 3.29. The van der Waals surface area contributed by atoms with E-state index in [0.717, 1.165) is 24.1 Å². The summed E-state index contributed by atoms with van der Waals surface area (Å²) in [5.74, 6) is -0.224. The molecule has 1 atom stereocenters. The first-order valence-corrected chi connectivity index (χ1v) is 10.1. The summed E-state index contributed by atoms with van der Waals surface area (Å²) in [7, 11) is 0. The molecule has 0 aromatic heterocycles. The van der Waals surface area contributed by atoms with E-state index in [-0.39, 0.29) is 17.9 Å². The summed E-state index contributed by atoms with van der Waals surface area (Å²) in [6.07, 6.45) is 2.22. The van der Waals surface area contributed by atoms with Crippen molar-refractivity contribution < 1.29 is 9.59 Å². The molecule has 0 spiro atoms. The second-order valence-electron chi connectivity index (χ2n) is 6.86. The third-order valence-corrected chi connectivity index (χ3v) is 5.40. The lowest BCUT2D eigenvalue weighted by Crippen LogP contribution is -2.47. The van der Waals surface area contributed by atoms with Gasteiger partial charge in [0.25, 0.3) is 0 Å². The van der Waals surface area contributed by atoms with Crippen LogP contribution in [-0.2, 0) is 11.2 Å². The normalized spacial score (nSPS) is 16.5. The van der Waals surface area contributed by atoms with Gasteiger partial charge in [0.1, 0.15) is 0 Å². The number of halogens is 2. The van der Waals surface area contributed by atoms with Crippen LogP contribution in [0.2, 0.25) is 10.0 Å². The molecule has 3 rings (SSSR count). The minimum Gasteiger partial charge on any atom is -0.355 e. The van der Waals surface area contributed by atoms with Crippen molar-refractivity contribution in [3.05, 3.63) is 64.1 Å². The van der Waals surface area contributed by atoms with Gasteiger partial charge in [-0.25, -0.2) is 4.79 Å². The van der Waals surface area contributed by atoms with Gasteiger partial charge in [0.2, 0.25) is 5.91 Å². The molecule has 28 heavy (non-hydrogen) atoms. The quantitative estimate of drug-likeness (QED) is 0.743. The second-order valence-corrected chi connectivity index (χ2v) is 7.70. The first kappa shape index (κ1) is 20.5. The lowest BCUT2D eigenvalue weighted by molar-refractivity contribution is -0.126. The van der Waals surface area contributed by atoms with Crippen molar-refractivity contribution in [2.45, 2.75) is 19.3 Å². The van der Waals surface area contributed by atoms with Crippen molar-refractivity contribution in [3.8, 4) is 0 Å². The van der Waals surface area contributed by atoms with Gasteiger partial charge in [-0.3, -0.25) is 4.79 Å². The van der Waals surface area contributed by atoms with Gasteiger partial charge in [-0.2, -0.15) is 0 Å². The number of carbonyl (C=O) groups is 2. The highest BCUT2D eigenvalue weighted by atomic mass is 35.5. The van der Waals surface area contributed by atoms with Gasteiger partial charge < -0.3 is 15.5 Å². The van der Waals surface area contributed by atoms with Crippen molar-refractivity contribution in [2.24, 2.45) is 5.92 Å². The Labute approximate surface area is 175 Å². The summed E-state index contributed by atoms with van der Waals surface area (Å²) in [5.41, 5.74) is 1.69. The van der Waals surface area contributed by atoms with E-state index in [4.69, 9.17) is 23.2 Å². The van der Waals surface area contributed by atoms with E-state index in [1.807, 2.05) is 36.4 Å². The fourth-order valence-corrected chi connectivity index (χ4v) is 3.79. The predicted octanol–water partition coefficient (Wildman–Crippen LogP) is 4.60. The molecule has 2 aromatic carbocycles. The van der Waals surface area contributed by atoms with E-state index in [9.17, 15) is 9.59 Å². The average molecular weight is 420 g/mol. The van der Waals surface area contributed by atoms with Gasteiger partial charge in [-0.05, 0) is 49.1 Å². The molecule has 148 valence electrons. The smallest absolute Gasteiger partial charge is 0.321 e.